The Balaban J connectivity index is 2.15. The molecule has 18 heavy (non-hydrogen) atoms. The van der Waals surface area contributed by atoms with Crippen molar-refractivity contribution >= 4 is 11.3 Å². The Kier molecular flexibility index (Phi) is 4.19. The molecule has 0 aliphatic heterocycles. The lowest BCUT2D eigenvalue weighted by Crippen LogP contribution is -2.24. The predicted octanol–water partition coefficient (Wildman–Crippen LogP) is 3.36. The van der Waals surface area contributed by atoms with Gasteiger partial charge in [-0.05, 0) is 26.0 Å². The first-order valence-electron chi connectivity index (χ1n) is 6.38. The Morgan fingerprint density at radius 3 is 2.72 bits per heavy atom. The standard InChI is InChI=1S/C14H21N3S/c1-10(2)16-8-13-7-15-9-17(13)12(4)14-6-5-11(3)18-14/h5-7,9-10,12,16H,8H2,1-4H3. The highest BCUT2D eigenvalue weighted by molar-refractivity contribution is 7.12. The highest BCUT2D eigenvalue weighted by atomic mass is 32.1. The maximum Gasteiger partial charge on any atom is 0.0954 e. The van der Waals surface area contributed by atoms with Crippen molar-refractivity contribution in [1.82, 2.24) is 14.9 Å². The number of aryl methyl sites for hydroxylation is 1. The van der Waals surface area contributed by atoms with Crippen LogP contribution < -0.4 is 5.32 Å². The van der Waals surface area contributed by atoms with E-state index in [0.29, 0.717) is 12.1 Å². The van der Waals surface area contributed by atoms with Gasteiger partial charge < -0.3 is 9.88 Å². The largest absolute Gasteiger partial charge is 0.325 e. The van der Waals surface area contributed by atoms with Gasteiger partial charge in [0.25, 0.3) is 0 Å². The third-order valence-corrected chi connectivity index (χ3v) is 4.20. The summed E-state index contributed by atoms with van der Waals surface area (Å²) in [5.74, 6) is 0. The molecule has 0 saturated heterocycles. The zero-order valence-corrected chi connectivity index (χ0v) is 12.3. The van der Waals surface area contributed by atoms with E-state index in [1.54, 1.807) is 0 Å². The van der Waals surface area contributed by atoms with Gasteiger partial charge in [-0.2, -0.15) is 0 Å². The maximum atomic E-state index is 4.28. The van der Waals surface area contributed by atoms with E-state index in [2.05, 4.69) is 54.7 Å². The van der Waals surface area contributed by atoms with Crippen molar-refractivity contribution in [2.75, 3.05) is 0 Å². The van der Waals surface area contributed by atoms with Gasteiger partial charge in [0.05, 0.1) is 18.1 Å². The number of nitrogens with one attached hydrogen (secondary N) is 1. The quantitative estimate of drug-likeness (QED) is 0.896. The van der Waals surface area contributed by atoms with E-state index in [1.807, 2.05) is 23.9 Å². The Morgan fingerprint density at radius 1 is 1.33 bits per heavy atom. The summed E-state index contributed by atoms with van der Waals surface area (Å²) >= 11 is 1.86. The number of hydrogen-bond donors (Lipinski definition) is 1. The Hall–Kier alpha value is -1.13. The molecule has 0 aromatic carbocycles. The van der Waals surface area contributed by atoms with Crippen molar-refractivity contribution in [3.8, 4) is 0 Å². The first-order valence-corrected chi connectivity index (χ1v) is 7.20. The van der Waals surface area contributed by atoms with Gasteiger partial charge in [0.1, 0.15) is 0 Å². The van der Waals surface area contributed by atoms with Gasteiger partial charge in [-0.25, -0.2) is 4.98 Å². The van der Waals surface area contributed by atoms with Crippen LogP contribution in [-0.2, 0) is 6.54 Å². The molecule has 4 heteroatoms. The molecule has 0 amide bonds. The Morgan fingerprint density at radius 2 is 2.11 bits per heavy atom. The van der Waals surface area contributed by atoms with E-state index in [4.69, 9.17) is 0 Å². The monoisotopic (exact) mass is 263 g/mol. The summed E-state index contributed by atoms with van der Waals surface area (Å²) in [4.78, 5) is 7.03. The molecule has 1 unspecified atom stereocenters. The molecule has 1 N–H and O–H groups in total. The summed E-state index contributed by atoms with van der Waals surface area (Å²) in [5, 5.41) is 3.44. The molecule has 0 saturated carbocycles. The summed E-state index contributed by atoms with van der Waals surface area (Å²) in [6.07, 6.45) is 3.88. The van der Waals surface area contributed by atoms with Crippen LogP contribution in [0.25, 0.3) is 0 Å². The highest BCUT2D eigenvalue weighted by Crippen LogP contribution is 2.26. The second kappa shape index (κ2) is 5.67. The van der Waals surface area contributed by atoms with Crippen LogP contribution in [0.3, 0.4) is 0 Å². The molecule has 2 aromatic heterocycles. The molecular weight excluding hydrogens is 242 g/mol. The predicted molar refractivity (Wildman–Crippen MR) is 77.1 cm³/mol. The first kappa shape index (κ1) is 13.3. The highest BCUT2D eigenvalue weighted by Gasteiger charge is 2.13. The van der Waals surface area contributed by atoms with E-state index in [1.165, 1.54) is 15.4 Å². The summed E-state index contributed by atoms with van der Waals surface area (Å²) in [5.41, 5.74) is 1.24. The van der Waals surface area contributed by atoms with Crippen LogP contribution in [0.2, 0.25) is 0 Å². The van der Waals surface area contributed by atoms with E-state index in [0.717, 1.165) is 6.54 Å². The number of nitrogens with zero attached hydrogens (tertiary/aromatic N) is 2. The van der Waals surface area contributed by atoms with Gasteiger partial charge in [-0.3, -0.25) is 0 Å². The van der Waals surface area contributed by atoms with Crippen molar-refractivity contribution in [3.05, 3.63) is 40.1 Å². The fraction of sp³-hybridized carbons (Fsp3) is 0.500. The van der Waals surface area contributed by atoms with Gasteiger partial charge in [0.15, 0.2) is 0 Å². The molecule has 0 spiro atoms. The lowest BCUT2D eigenvalue weighted by molar-refractivity contribution is 0.542. The van der Waals surface area contributed by atoms with Gasteiger partial charge in [-0.15, -0.1) is 11.3 Å². The second-order valence-corrected chi connectivity index (χ2v) is 6.27. The van der Waals surface area contributed by atoms with Gasteiger partial charge in [0.2, 0.25) is 0 Å². The smallest absolute Gasteiger partial charge is 0.0954 e. The number of hydrogen-bond acceptors (Lipinski definition) is 3. The van der Waals surface area contributed by atoms with Crippen LogP contribution in [0.15, 0.2) is 24.7 Å². The van der Waals surface area contributed by atoms with Crippen LogP contribution in [0.4, 0.5) is 0 Å². The van der Waals surface area contributed by atoms with Gasteiger partial charge in [-0.1, -0.05) is 13.8 Å². The third-order valence-electron chi connectivity index (χ3n) is 3.03. The summed E-state index contributed by atoms with van der Waals surface area (Å²) < 4.78 is 2.25. The average Bonchev–Trinajstić information content (AvgIpc) is 2.93. The second-order valence-electron chi connectivity index (χ2n) is 4.95. The lowest BCUT2D eigenvalue weighted by Gasteiger charge is -2.16. The van der Waals surface area contributed by atoms with Gasteiger partial charge in [0, 0.05) is 28.5 Å². The maximum absolute atomic E-state index is 4.28. The zero-order chi connectivity index (χ0) is 13.1. The van der Waals surface area contributed by atoms with Crippen LogP contribution in [0.1, 0.15) is 42.3 Å². The van der Waals surface area contributed by atoms with E-state index < -0.39 is 0 Å². The van der Waals surface area contributed by atoms with Crippen molar-refractivity contribution in [2.24, 2.45) is 0 Å². The molecule has 0 radical (unpaired) electrons. The number of rotatable bonds is 5. The SMILES string of the molecule is Cc1ccc(C(C)n2cncc2CNC(C)C)s1. The molecule has 3 nitrogen and oxygen atoms in total. The molecule has 98 valence electrons. The topological polar surface area (TPSA) is 29.9 Å². The molecular formula is C14H21N3S. The third kappa shape index (κ3) is 3.00. The molecule has 0 aliphatic carbocycles. The lowest BCUT2D eigenvalue weighted by atomic mass is 10.2. The molecule has 0 bridgehead atoms. The minimum absolute atomic E-state index is 0.357. The molecule has 2 heterocycles. The van der Waals surface area contributed by atoms with Crippen molar-refractivity contribution < 1.29 is 0 Å². The first-order chi connectivity index (χ1) is 8.58. The Bertz CT molecular complexity index is 499. The van der Waals surface area contributed by atoms with Crippen molar-refractivity contribution in [1.29, 1.82) is 0 Å². The average molecular weight is 263 g/mol. The van der Waals surface area contributed by atoms with Crippen LogP contribution in [0.5, 0.6) is 0 Å². The normalized spacial score (nSPS) is 13.2. The minimum Gasteiger partial charge on any atom is -0.325 e. The fourth-order valence-corrected chi connectivity index (χ4v) is 2.87. The van der Waals surface area contributed by atoms with E-state index >= 15 is 0 Å². The Labute approximate surface area is 113 Å². The summed E-state index contributed by atoms with van der Waals surface area (Å²) in [6, 6.07) is 5.24. The number of aromatic nitrogens is 2. The molecule has 2 rings (SSSR count). The molecule has 2 aromatic rings. The fourth-order valence-electron chi connectivity index (χ4n) is 1.94. The summed E-state index contributed by atoms with van der Waals surface area (Å²) in [6.45, 7) is 9.56. The minimum atomic E-state index is 0.357. The van der Waals surface area contributed by atoms with Crippen molar-refractivity contribution in [2.45, 2.75) is 46.3 Å². The molecule has 0 aliphatic rings. The van der Waals surface area contributed by atoms with Crippen LogP contribution >= 0.6 is 11.3 Å². The van der Waals surface area contributed by atoms with Gasteiger partial charge >= 0.3 is 0 Å². The number of imidazole rings is 1. The zero-order valence-electron chi connectivity index (χ0n) is 11.5. The van der Waals surface area contributed by atoms with E-state index in [-0.39, 0.29) is 0 Å². The van der Waals surface area contributed by atoms with E-state index in [9.17, 15) is 0 Å². The summed E-state index contributed by atoms with van der Waals surface area (Å²) in [7, 11) is 0. The van der Waals surface area contributed by atoms with Crippen molar-refractivity contribution in [3.63, 3.8) is 0 Å². The molecule has 1 atom stereocenters. The molecule has 0 fully saturated rings. The number of thiophene rings is 1. The van der Waals surface area contributed by atoms with Crippen LogP contribution in [-0.4, -0.2) is 15.6 Å². The van der Waals surface area contributed by atoms with Crippen LogP contribution in [0, 0.1) is 6.92 Å².